The minimum absolute atomic E-state index is 0.476. The van der Waals surface area contributed by atoms with Gasteiger partial charge in [0.1, 0.15) is 0 Å². The van der Waals surface area contributed by atoms with Crippen LogP contribution >= 0.6 is 15.9 Å². The third-order valence-electron chi connectivity index (χ3n) is 3.07. The van der Waals surface area contributed by atoms with Crippen molar-refractivity contribution in [2.75, 3.05) is 0 Å². The van der Waals surface area contributed by atoms with Gasteiger partial charge in [-0.05, 0) is 40.5 Å². The Hall–Kier alpha value is -1.64. The summed E-state index contributed by atoms with van der Waals surface area (Å²) in [5.41, 5.74) is 3.25. The standard InChI is InChI=1S/C14H14BrN3O/c1-9-14(15)12(18(2)17-9)7-13(19)11-5-3-10(8-16)4-6-11/h3-6,13,19H,7H2,1-2H3. The Morgan fingerprint density at radius 1 is 1.42 bits per heavy atom. The Morgan fingerprint density at radius 2 is 2.05 bits per heavy atom. The maximum Gasteiger partial charge on any atom is 0.0991 e. The zero-order valence-electron chi connectivity index (χ0n) is 10.8. The van der Waals surface area contributed by atoms with Crippen LogP contribution in [-0.2, 0) is 13.5 Å². The first-order chi connectivity index (χ1) is 9.02. The van der Waals surface area contributed by atoms with E-state index in [9.17, 15) is 5.11 Å². The highest BCUT2D eigenvalue weighted by molar-refractivity contribution is 9.10. The van der Waals surface area contributed by atoms with Crippen molar-refractivity contribution in [3.05, 3.63) is 51.3 Å². The van der Waals surface area contributed by atoms with E-state index in [-0.39, 0.29) is 0 Å². The molecule has 0 bridgehead atoms. The highest BCUT2D eigenvalue weighted by atomic mass is 79.9. The van der Waals surface area contributed by atoms with E-state index in [0.717, 1.165) is 21.4 Å². The van der Waals surface area contributed by atoms with Crippen molar-refractivity contribution in [1.82, 2.24) is 9.78 Å². The van der Waals surface area contributed by atoms with Gasteiger partial charge < -0.3 is 5.11 Å². The van der Waals surface area contributed by atoms with Crippen LogP contribution in [0.3, 0.4) is 0 Å². The molecule has 2 rings (SSSR count). The van der Waals surface area contributed by atoms with E-state index in [1.807, 2.05) is 14.0 Å². The van der Waals surface area contributed by atoms with E-state index in [1.165, 1.54) is 0 Å². The normalized spacial score (nSPS) is 12.2. The van der Waals surface area contributed by atoms with Crippen molar-refractivity contribution in [3.8, 4) is 6.07 Å². The first kappa shape index (κ1) is 13.8. The molecule has 0 saturated heterocycles. The zero-order valence-corrected chi connectivity index (χ0v) is 12.3. The van der Waals surface area contributed by atoms with Crippen molar-refractivity contribution in [1.29, 1.82) is 5.26 Å². The maximum absolute atomic E-state index is 10.3. The molecule has 0 saturated carbocycles. The summed E-state index contributed by atoms with van der Waals surface area (Å²) >= 11 is 3.49. The van der Waals surface area contributed by atoms with Crippen molar-refractivity contribution >= 4 is 15.9 Å². The van der Waals surface area contributed by atoms with Crippen LogP contribution in [-0.4, -0.2) is 14.9 Å². The molecular formula is C14H14BrN3O. The summed E-state index contributed by atoms with van der Waals surface area (Å²) in [5, 5.41) is 23.3. The second-order valence-electron chi connectivity index (χ2n) is 4.42. The molecule has 1 N–H and O–H groups in total. The summed E-state index contributed by atoms with van der Waals surface area (Å²) in [4.78, 5) is 0. The number of halogens is 1. The highest BCUT2D eigenvalue weighted by Crippen LogP contribution is 2.26. The smallest absolute Gasteiger partial charge is 0.0991 e. The summed E-state index contributed by atoms with van der Waals surface area (Å²) in [7, 11) is 1.86. The lowest BCUT2D eigenvalue weighted by Crippen LogP contribution is -2.07. The number of aliphatic hydroxyl groups is 1. The number of hydrogen-bond acceptors (Lipinski definition) is 3. The molecule has 2 aromatic rings. The second kappa shape index (κ2) is 5.55. The molecule has 98 valence electrons. The lowest BCUT2D eigenvalue weighted by molar-refractivity contribution is 0.175. The third kappa shape index (κ3) is 2.86. The fraction of sp³-hybridized carbons (Fsp3) is 0.286. The van der Waals surface area contributed by atoms with Gasteiger partial charge in [-0.3, -0.25) is 4.68 Å². The van der Waals surface area contributed by atoms with Crippen LogP contribution in [0.2, 0.25) is 0 Å². The number of aryl methyl sites for hydroxylation is 2. The van der Waals surface area contributed by atoms with E-state index in [4.69, 9.17) is 5.26 Å². The molecule has 19 heavy (non-hydrogen) atoms. The molecule has 0 spiro atoms. The van der Waals surface area contributed by atoms with Gasteiger partial charge in [0.15, 0.2) is 0 Å². The van der Waals surface area contributed by atoms with Gasteiger partial charge in [-0.15, -0.1) is 0 Å². The molecule has 0 amide bonds. The topological polar surface area (TPSA) is 61.8 Å². The van der Waals surface area contributed by atoms with Crippen LogP contribution in [0, 0.1) is 18.3 Å². The molecule has 1 aromatic carbocycles. The summed E-state index contributed by atoms with van der Waals surface area (Å²) in [6.07, 6.45) is -0.136. The summed E-state index contributed by atoms with van der Waals surface area (Å²) in [6, 6.07) is 9.04. The van der Waals surface area contributed by atoms with E-state index < -0.39 is 6.10 Å². The maximum atomic E-state index is 10.3. The zero-order chi connectivity index (χ0) is 14.0. The van der Waals surface area contributed by atoms with Gasteiger partial charge >= 0.3 is 0 Å². The molecule has 0 fully saturated rings. The molecule has 1 aromatic heterocycles. The predicted molar refractivity (Wildman–Crippen MR) is 75.5 cm³/mol. The van der Waals surface area contributed by atoms with Crippen molar-refractivity contribution in [3.63, 3.8) is 0 Å². The van der Waals surface area contributed by atoms with E-state index in [0.29, 0.717) is 12.0 Å². The van der Waals surface area contributed by atoms with E-state index >= 15 is 0 Å². The lowest BCUT2D eigenvalue weighted by Gasteiger charge is -2.11. The minimum Gasteiger partial charge on any atom is -0.388 e. The molecule has 1 atom stereocenters. The average Bonchev–Trinajstić information content (AvgIpc) is 2.65. The molecule has 1 heterocycles. The molecule has 0 aliphatic rings. The van der Waals surface area contributed by atoms with Gasteiger partial charge in [0.05, 0.1) is 33.6 Å². The number of aromatic nitrogens is 2. The highest BCUT2D eigenvalue weighted by Gasteiger charge is 2.16. The Bertz CT molecular complexity index is 625. The van der Waals surface area contributed by atoms with Crippen LogP contribution in [0.1, 0.15) is 28.6 Å². The second-order valence-corrected chi connectivity index (χ2v) is 5.22. The number of aliphatic hydroxyl groups excluding tert-OH is 1. The molecule has 5 heteroatoms. The Morgan fingerprint density at radius 3 is 2.53 bits per heavy atom. The number of rotatable bonds is 3. The van der Waals surface area contributed by atoms with Crippen molar-refractivity contribution in [2.24, 2.45) is 7.05 Å². The molecule has 1 unspecified atom stereocenters. The summed E-state index contributed by atoms with van der Waals surface area (Å²) < 4.78 is 2.70. The SMILES string of the molecule is Cc1nn(C)c(CC(O)c2ccc(C#N)cc2)c1Br. The van der Waals surface area contributed by atoms with Crippen LogP contribution < -0.4 is 0 Å². The van der Waals surface area contributed by atoms with Gasteiger partial charge in [-0.1, -0.05) is 12.1 Å². The van der Waals surface area contributed by atoms with E-state index in [2.05, 4.69) is 27.1 Å². The van der Waals surface area contributed by atoms with Gasteiger partial charge in [-0.2, -0.15) is 10.4 Å². The van der Waals surface area contributed by atoms with Gasteiger partial charge in [0, 0.05) is 13.5 Å². The minimum atomic E-state index is -0.612. The number of benzene rings is 1. The van der Waals surface area contributed by atoms with Crippen molar-refractivity contribution < 1.29 is 5.11 Å². The van der Waals surface area contributed by atoms with Gasteiger partial charge in [-0.25, -0.2) is 0 Å². The average molecular weight is 320 g/mol. The lowest BCUT2D eigenvalue weighted by atomic mass is 10.0. The fourth-order valence-electron chi connectivity index (χ4n) is 1.98. The van der Waals surface area contributed by atoms with Crippen LogP contribution in [0.4, 0.5) is 0 Å². The molecule has 0 aliphatic carbocycles. The summed E-state index contributed by atoms with van der Waals surface area (Å²) in [6.45, 7) is 1.92. The molecule has 0 aliphatic heterocycles. The molecular weight excluding hydrogens is 306 g/mol. The van der Waals surface area contributed by atoms with Crippen molar-refractivity contribution in [2.45, 2.75) is 19.4 Å². The largest absolute Gasteiger partial charge is 0.388 e. The summed E-state index contributed by atoms with van der Waals surface area (Å²) in [5.74, 6) is 0. The van der Waals surface area contributed by atoms with Crippen LogP contribution in [0.15, 0.2) is 28.7 Å². The Kier molecular flexibility index (Phi) is 4.03. The first-order valence-electron chi connectivity index (χ1n) is 5.89. The number of nitriles is 1. The fourth-order valence-corrected chi connectivity index (χ4v) is 2.48. The number of nitrogens with zero attached hydrogens (tertiary/aromatic N) is 3. The van der Waals surface area contributed by atoms with Gasteiger partial charge in [0.2, 0.25) is 0 Å². The predicted octanol–water partition coefficient (Wildman–Crippen LogP) is 2.64. The third-order valence-corrected chi connectivity index (χ3v) is 4.10. The quantitative estimate of drug-likeness (QED) is 0.946. The van der Waals surface area contributed by atoms with Crippen LogP contribution in [0.5, 0.6) is 0 Å². The van der Waals surface area contributed by atoms with Gasteiger partial charge in [0.25, 0.3) is 0 Å². The monoisotopic (exact) mass is 319 g/mol. The molecule has 0 radical (unpaired) electrons. The van der Waals surface area contributed by atoms with Crippen LogP contribution in [0.25, 0.3) is 0 Å². The molecule has 4 nitrogen and oxygen atoms in total. The first-order valence-corrected chi connectivity index (χ1v) is 6.68. The van der Waals surface area contributed by atoms with E-state index in [1.54, 1.807) is 28.9 Å². The number of hydrogen-bond donors (Lipinski definition) is 1. The Balaban J connectivity index is 2.20. The Labute approximate surface area is 120 Å².